The number of aliphatic carboxylic acids is 1. The standard InChI is InChI=1S/C25H28N2O5/c1-17(28)27(15-24(29)30)18-7-6-13-26(14-12-18)25(31)32-16-23-21-10-4-2-8-19(21)20-9-3-5-11-22(20)23/h2-5,8-11,18,23H,6-7,12-16H2,1H3,(H,29,30). The van der Waals surface area contributed by atoms with Gasteiger partial charge < -0.3 is 19.6 Å². The normalized spacial score (nSPS) is 17.8. The molecule has 1 unspecified atom stereocenters. The molecule has 2 amide bonds. The average Bonchev–Trinajstić information content (AvgIpc) is 2.92. The lowest BCUT2D eigenvalue weighted by atomic mass is 9.98. The summed E-state index contributed by atoms with van der Waals surface area (Å²) in [5.41, 5.74) is 4.71. The molecule has 32 heavy (non-hydrogen) atoms. The molecule has 7 nitrogen and oxygen atoms in total. The molecule has 0 bridgehead atoms. The highest BCUT2D eigenvalue weighted by atomic mass is 16.6. The number of rotatable bonds is 5. The minimum Gasteiger partial charge on any atom is -0.480 e. The third-order valence-corrected chi connectivity index (χ3v) is 6.44. The number of likely N-dealkylation sites (tertiary alicyclic amines) is 1. The number of carbonyl (C=O) groups is 3. The van der Waals surface area contributed by atoms with E-state index >= 15 is 0 Å². The van der Waals surface area contributed by atoms with Gasteiger partial charge in [-0.3, -0.25) is 9.59 Å². The average molecular weight is 437 g/mol. The maximum absolute atomic E-state index is 12.8. The smallest absolute Gasteiger partial charge is 0.409 e. The van der Waals surface area contributed by atoms with Gasteiger partial charge in [0, 0.05) is 32.0 Å². The second-order valence-corrected chi connectivity index (χ2v) is 8.42. The lowest BCUT2D eigenvalue weighted by Gasteiger charge is -2.28. The van der Waals surface area contributed by atoms with Crippen LogP contribution in [0.2, 0.25) is 0 Å². The summed E-state index contributed by atoms with van der Waals surface area (Å²) in [5.74, 6) is -1.28. The first-order valence-corrected chi connectivity index (χ1v) is 11.0. The number of carboxylic acids is 1. The molecule has 1 fully saturated rings. The highest BCUT2D eigenvalue weighted by molar-refractivity contribution is 5.80. The fourth-order valence-corrected chi connectivity index (χ4v) is 4.90. The summed E-state index contributed by atoms with van der Waals surface area (Å²) in [6.45, 7) is 2.31. The molecular weight excluding hydrogens is 408 g/mol. The van der Waals surface area contributed by atoms with E-state index in [4.69, 9.17) is 9.84 Å². The molecule has 2 aromatic carbocycles. The number of nitrogens with zero attached hydrogens (tertiary/aromatic N) is 2. The van der Waals surface area contributed by atoms with Crippen molar-refractivity contribution in [1.29, 1.82) is 0 Å². The van der Waals surface area contributed by atoms with Gasteiger partial charge >= 0.3 is 12.1 Å². The van der Waals surface area contributed by atoms with E-state index in [1.807, 2.05) is 24.3 Å². The maximum Gasteiger partial charge on any atom is 0.409 e. The zero-order valence-corrected chi connectivity index (χ0v) is 18.2. The predicted octanol–water partition coefficient (Wildman–Crippen LogP) is 3.72. The van der Waals surface area contributed by atoms with Crippen LogP contribution < -0.4 is 0 Å². The Hall–Kier alpha value is -3.35. The van der Waals surface area contributed by atoms with Gasteiger partial charge in [-0.25, -0.2) is 4.79 Å². The van der Waals surface area contributed by atoms with E-state index < -0.39 is 5.97 Å². The van der Waals surface area contributed by atoms with Crippen LogP contribution in [-0.4, -0.2) is 65.2 Å². The van der Waals surface area contributed by atoms with E-state index in [1.54, 1.807) is 4.90 Å². The number of hydrogen-bond acceptors (Lipinski definition) is 4. The number of carbonyl (C=O) groups excluding carboxylic acids is 2. The predicted molar refractivity (Wildman–Crippen MR) is 119 cm³/mol. The summed E-state index contributed by atoms with van der Waals surface area (Å²) in [6, 6.07) is 16.2. The zero-order valence-electron chi connectivity index (χ0n) is 18.2. The molecule has 4 rings (SSSR count). The van der Waals surface area contributed by atoms with E-state index in [-0.39, 0.29) is 37.1 Å². The lowest BCUT2D eigenvalue weighted by molar-refractivity contribution is -0.145. The first-order chi connectivity index (χ1) is 15.5. The largest absolute Gasteiger partial charge is 0.480 e. The molecule has 2 aromatic rings. The molecule has 1 atom stereocenters. The van der Waals surface area contributed by atoms with Gasteiger partial charge in [-0.15, -0.1) is 0 Å². The second kappa shape index (κ2) is 9.42. The third-order valence-electron chi connectivity index (χ3n) is 6.44. The van der Waals surface area contributed by atoms with Gasteiger partial charge in [-0.1, -0.05) is 48.5 Å². The topological polar surface area (TPSA) is 87.2 Å². The van der Waals surface area contributed by atoms with E-state index in [9.17, 15) is 14.4 Å². The van der Waals surface area contributed by atoms with Crippen LogP contribution in [0.4, 0.5) is 4.79 Å². The fourth-order valence-electron chi connectivity index (χ4n) is 4.90. The SMILES string of the molecule is CC(=O)N(CC(=O)O)C1CCCN(C(=O)OCC2c3ccccc3-c3ccccc32)CC1. The summed E-state index contributed by atoms with van der Waals surface area (Å²) in [6.07, 6.45) is 1.54. The van der Waals surface area contributed by atoms with E-state index in [0.717, 1.165) is 0 Å². The molecule has 0 aromatic heterocycles. The van der Waals surface area contributed by atoms with E-state index in [0.29, 0.717) is 32.4 Å². The summed E-state index contributed by atoms with van der Waals surface area (Å²) in [7, 11) is 0. The van der Waals surface area contributed by atoms with Crippen LogP contribution >= 0.6 is 0 Å². The van der Waals surface area contributed by atoms with Crippen molar-refractivity contribution >= 4 is 18.0 Å². The molecule has 1 aliphatic heterocycles. The van der Waals surface area contributed by atoms with Crippen LogP contribution in [0.3, 0.4) is 0 Å². The van der Waals surface area contributed by atoms with Gasteiger partial charge in [0.1, 0.15) is 13.2 Å². The monoisotopic (exact) mass is 436 g/mol. The van der Waals surface area contributed by atoms with Gasteiger partial charge in [0.2, 0.25) is 5.91 Å². The Bertz CT molecular complexity index is 975. The van der Waals surface area contributed by atoms with Gasteiger partial charge in [0.05, 0.1) is 0 Å². The van der Waals surface area contributed by atoms with Crippen LogP contribution in [0.1, 0.15) is 43.2 Å². The van der Waals surface area contributed by atoms with Crippen LogP contribution in [0, 0.1) is 0 Å². The Kier molecular flexibility index (Phi) is 6.44. The summed E-state index contributed by atoms with van der Waals surface area (Å²) < 4.78 is 5.75. The molecule has 2 aliphatic rings. The van der Waals surface area contributed by atoms with Crippen LogP contribution in [0.15, 0.2) is 48.5 Å². The van der Waals surface area contributed by atoms with Gasteiger partial charge in [-0.2, -0.15) is 0 Å². The summed E-state index contributed by atoms with van der Waals surface area (Å²) >= 11 is 0. The number of benzene rings is 2. The van der Waals surface area contributed by atoms with Gasteiger partial charge in [0.25, 0.3) is 0 Å². The quantitative estimate of drug-likeness (QED) is 0.772. The van der Waals surface area contributed by atoms with Crippen LogP contribution in [-0.2, 0) is 14.3 Å². The molecule has 1 heterocycles. The van der Waals surface area contributed by atoms with Crippen LogP contribution in [0.5, 0.6) is 0 Å². The molecule has 0 radical (unpaired) electrons. The Morgan fingerprint density at radius 1 is 1.00 bits per heavy atom. The van der Waals surface area contributed by atoms with E-state index in [2.05, 4.69) is 24.3 Å². The van der Waals surface area contributed by atoms with Crippen molar-refractivity contribution in [3.05, 3.63) is 59.7 Å². The Morgan fingerprint density at radius 3 is 2.22 bits per heavy atom. The Morgan fingerprint density at radius 2 is 1.62 bits per heavy atom. The highest BCUT2D eigenvalue weighted by Crippen LogP contribution is 2.44. The number of hydrogen-bond donors (Lipinski definition) is 1. The Balaban J connectivity index is 1.39. The minimum absolute atomic E-state index is 0.00912. The lowest BCUT2D eigenvalue weighted by Crippen LogP contribution is -2.43. The fraction of sp³-hybridized carbons (Fsp3) is 0.400. The van der Waals surface area contributed by atoms with Crippen molar-refractivity contribution in [2.45, 2.75) is 38.1 Å². The number of carboxylic acid groups (broad SMARTS) is 1. The number of ether oxygens (including phenoxy) is 1. The first kappa shape index (κ1) is 21.9. The van der Waals surface area contributed by atoms with E-state index in [1.165, 1.54) is 34.1 Å². The molecule has 0 spiro atoms. The molecule has 1 N–H and O–H groups in total. The molecule has 1 saturated heterocycles. The molecular formula is C25H28N2O5. The number of amides is 2. The molecule has 168 valence electrons. The van der Waals surface area contributed by atoms with Gasteiger partial charge in [0.15, 0.2) is 0 Å². The van der Waals surface area contributed by atoms with Gasteiger partial charge in [-0.05, 0) is 41.5 Å². The first-order valence-electron chi connectivity index (χ1n) is 11.0. The van der Waals surface area contributed by atoms with Crippen LogP contribution in [0.25, 0.3) is 11.1 Å². The summed E-state index contributed by atoms with van der Waals surface area (Å²) in [5, 5.41) is 9.11. The maximum atomic E-state index is 12.8. The Labute approximate surface area is 187 Å². The molecule has 1 aliphatic carbocycles. The number of fused-ring (bicyclic) bond motifs is 3. The third kappa shape index (κ3) is 4.47. The minimum atomic E-state index is -1.03. The van der Waals surface area contributed by atoms with Crippen molar-refractivity contribution in [2.75, 3.05) is 26.2 Å². The second-order valence-electron chi connectivity index (χ2n) is 8.42. The molecule has 7 heteroatoms. The van der Waals surface area contributed by atoms with Crippen molar-refractivity contribution in [3.8, 4) is 11.1 Å². The highest BCUT2D eigenvalue weighted by Gasteiger charge is 2.31. The molecule has 0 saturated carbocycles. The zero-order chi connectivity index (χ0) is 22.7. The van der Waals surface area contributed by atoms with Crippen molar-refractivity contribution in [2.24, 2.45) is 0 Å². The summed E-state index contributed by atoms with van der Waals surface area (Å²) in [4.78, 5) is 39.0. The van der Waals surface area contributed by atoms with Crippen molar-refractivity contribution in [3.63, 3.8) is 0 Å². The van der Waals surface area contributed by atoms with Crippen molar-refractivity contribution in [1.82, 2.24) is 9.80 Å². The van der Waals surface area contributed by atoms with Crippen molar-refractivity contribution < 1.29 is 24.2 Å².